The van der Waals surface area contributed by atoms with Gasteiger partial charge in [-0.25, -0.2) is 8.42 Å². The van der Waals surface area contributed by atoms with Crippen LogP contribution in [-0.4, -0.2) is 62.8 Å². The molecular weight excluding hydrogens is 416 g/mol. The van der Waals surface area contributed by atoms with Gasteiger partial charge in [0.25, 0.3) is 5.91 Å². The third-order valence-electron chi connectivity index (χ3n) is 5.91. The summed E-state index contributed by atoms with van der Waals surface area (Å²) < 4.78 is 33.0. The third kappa shape index (κ3) is 6.29. The average Bonchev–Trinajstić information content (AvgIpc) is 2.72. The Kier molecular flexibility index (Phi) is 8.65. The molecule has 174 valence electrons. The number of rotatable bonds is 8. The number of piperidine rings is 1. The van der Waals surface area contributed by atoms with Crippen molar-refractivity contribution in [3.05, 3.63) is 28.8 Å². The molecule has 0 atom stereocenters. The molecule has 1 heterocycles. The molecule has 0 unspecified atom stereocenters. The maximum absolute atomic E-state index is 13.4. The summed E-state index contributed by atoms with van der Waals surface area (Å²) in [5.74, 6) is 0.0574. The Labute approximate surface area is 186 Å². The van der Waals surface area contributed by atoms with Crippen molar-refractivity contribution in [2.75, 3.05) is 33.3 Å². The van der Waals surface area contributed by atoms with Crippen molar-refractivity contribution in [2.24, 2.45) is 11.8 Å². The van der Waals surface area contributed by atoms with E-state index in [1.807, 2.05) is 20.8 Å². The fourth-order valence-corrected chi connectivity index (χ4v) is 5.60. The minimum Gasteiger partial charge on any atom is -0.469 e. The van der Waals surface area contributed by atoms with E-state index >= 15 is 0 Å². The Morgan fingerprint density at radius 2 is 1.81 bits per heavy atom. The summed E-state index contributed by atoms with van der Waals surface area (Å²) in [6.45, 7) is 11.4. The Morgan fingerprint density at radius 3 is 2.35 bits per heavy atom. The number of hydrogen-bond donors (Lipinski definition) is 0. The van der Waals surface area contributed by atoms with Gasteiger partial charge in [0.15, 0.2) is 0 Å². The van der Waals surface area contributed by atoms with Crippen LogP contribution in [0.15, 0.2) is 17.0 Å². The van der Waals surface area contributed by atoms with Crippen molar-refractivity contribution in [3.63, 3.8) is 0 Å². The summed E-state index contributed by atoms with van der Waals surface area (Å²) >= 11 is 0. The average molecular weight is 453 g/mol. The molecule has 1 fully saturated rings. The fourth-order valence-electron chi connectivity index (χ4n) is 3.81. The lowest BCUT2D eigenvalue weighted by Gasteiger charge is -2.30. The molecule has 0 spiro atoms. The van der Waals surface area contributed by atoms with Crippen LogP contribution in [0.4, 0.5) is 0 Å². The molecule has 1 aliphatic rings. The van der Waals surface area contributed by atoms with Crippen LogP contribution in [-0.2, 0) is 19.6 Å². The quantitative estimate of drug-likeness (QED) is 0.565. The SMILES string of the molecule is COC(=O)CCN(CC(C)C)C(=O)c1cc(C)c(C)c(S(=O)(=O)N2CCC(C)CC2)c1. The number of aryl methyl sites for hydroxylation is 1. The van der Waals surface area contributed by atoms with Crippen LogP contribution >= 0.6 is 0 Å². The van der Waals surface area contributed by atoms with Crippen molar-refractivity contribution >= 4 is 21.9 Å². The van der Waals surface area contributed by atoms with Crippen molar-refractivity contribution in [1.82, 2.24) is 9.21 Å². The minimum atomic E-state index is -3.68. The first-order chi connectivity index (χ1) is 14.5. The molecule has 1 saturated heterocycles. The molecule has 0 aromatic heterocycles. The number of carbonyl (C=O) groups excluding carboxylic acids is 2. The van der Waals surface area contributed by atoms with Crippen molar-refractivity contribution in [1.29, 1.82) is 0 Å². The largest absolute Gasteiger partial charge is 0.469 e. The van der Waals surface area contributed by atoms with Crippen LogP contribution in [0.2, 0.25) is 0 Å². The predicted molar refractivity (Wildman–Crippen MR) is 120 cm³/mol. The highest BCUT2D eigenvalue weighted by Crippen LogP contribution is 2.28. The lowest BCUT2D eigenvalue weighted by atomic mass is 10.0. The van der Waals surface area contributed by atoms with E-state index in [0.29, 0.717) is 36.7 Å². The monoisotopic (exact) mass is 452 g/mol. The van der Waals surface area contributed by atoms with Crippen molar-refractivity contribution < 1.29 is 22.7 Å². The van der Waals surface area contributed by atoms with Gasteiger partial charge in [0.1, 0.15) is 0 Å². The van der Waals surface area contributed by atoms with Gasteiger partial charge in [-0.05, 0) is 61.8 Å². The van der Waals surface area contributed by atoms with E-state index in [1.165, 1.54) is 17.5 Å². The molecule has 1 aliphatic heterocycles. The zero-order chi connectivity index (χ0) is 23.3. The Morgan fingerprint density at radius 1 is 1.19 bits per heavy atom. The van der Waals surface area contributed by atoms with Crippen LogP contribution in [0.5, 0.6) is 0 Å². The van der Waals surface area contributed by atoms with Crippen LogP contribution in [0.3, 0.4) is 0 Å². The molecule has 0 saturated carbocycles. The standard InChI is InChI=1S/C23H36N2O5S/c1-16(2)15-24(10-9-22(26)30-6)23(27)20-13-18(4)19(5)21(14-20)31(28,29)25-11-7-17(3)8-12-25/h13-14,16-17H,7-12,15H2,1-6H3. The van der Waals surface area contributed by atoms with Crippen LogP contribution in [0.1, 0.15) is 61.5 Å². The van der Waals surface area contributed by atoms with Gasteiger partial charge in [0, 0.05) is 31.7 Å². The van der Waals surface area contributed by atoms with Crippen LogP contribution in [0, 0.1) is 25.7 Å². The summed E-state index contributed by atoms with van der Waals surface area (Å²) in [5.41, 5.74) is 1.75. The molecule has 0 aliphatic carbocycles. The van der Waals surface area contributed by atoms with Crippen molar-refractivity contribution in [2.45, 2.75) is 58.8 Å². The molecule has 1 amide bonds. The summed E-state index contributed by atoms with van der Waals surface area (Å²) in [4.78, 5) is 26.7. The van der Waals surface area contributed by atoms with E-state index in [0.717, 1.165) is 18.4 Å². The van der Waals surface area contributed by atoms with E-state index in [-0.39, 0.29) is 35.7 Å². The maximum Gasteiger partial charge on any atom is 0.307 e. The fraction of sp³-hybridized carbons (Fsp3) is 0.652. The van der Waals surface area contributed by atoms with E-state index < -0.39 is 10.0 Å². The van der Waals surface area contributed by atoms with Crippen LogP contribution < -0.4 is 0 Å². The van der Waals surface area contributed by atoms with Crippen molar-refractivity contribution in [3.8, 4) is 0 Å². The number of ether oxygens (including phenoxy) is 1. The summed E-state index contributed by atoms with van der Waals surface area (Å²) in [7, 11) is -2.37. The predicted octanol–water partition coefficient (Wildman–Crippen LogP) is 3.39. The number of esters is 1. The van der Waals surface area contributed by atoms with E-state index in [1.54, 1.807) is 17.9 Å². The lowest BCUT2D eigenvalue weighted by Crippen LogP contribution is -2.39. The van der Waals surface area contributed by atoms with Gasteiger partial charge in [-0.1, -0.05) is 20.8 Å². The number of methoxy groups -OCH3 is 1. The normalized spacial score (nSPS) is 15.8. The number of nitrogens with zero attached hydrogens (tertiary/aromatic N) is 2. The second-order valence-corrected chi connectivity index (χ2v) is 10.9. The summed E-state index contributed by atoms with van der Waals surface area (Å²) in [5, 5.41) is 0. The second-order valence-electron chi connectivity index (χ2n) is 8.97. The van der Waals surface area contributed by atoms with Gasteiger partial charge in [-0.3, -0.25) is 9.59 Å². The van der Waals surface area contributed by atoms with Gasteiger partial charge in [-0.15, -0.1) is 0 Å². The Bertz CT molecular complexity index is 903. The molecule has 0 N–H and O–H groups in total. The lowest BCUT2D eigenvalue weighted by molar-refractivity contribution is -0.140. The minimum absolute atomic E-state index is 0.0942. The molecule has 1 aromatic carbocycles. The van der Waals surface area contributed by atoms with Crippen LogP contribution in [0.25, 0.3) is 0 Å². The van der Waals surface area contributed by atoms with Gasteiger partial charge < -0.3 is 9.64 Å². The smallest absolute Gasteiger partial charge is 0.307 e. The van der Waals surface area contributed by atoms with Gasteiger partial charge >= 0.3 is 5.97 Å². The first-order valence-electron chi connectivity index (χ1n) is 10.9. The number of sulfonamides is 1. The zero-order valence-electron chi connectivity index (χ0n) is 19.6. The third-order valence-corrected chi connectivity index (χ3v) is 7.94. The van der Waals surface area contributed by atoms with Gasteiger partial charge in [0.05, 0.1) is 18.4 Å². The number of amides is 1. The summed E-state index contributed by atoms with van der Waals surface area (Å²) in [6.07, 6.45) is 1.77. The molecule has 7 nitrogen and oxygen atoms in total. The number of carbonyl (C=O) groups is 2. The molecule has 8 heteroatoms. The van der Waals surface area contributed by atoms with Gasteiger partial charge in [0.2, 0.25) is 10.0 Å². The number of hydrogen-bond acceptors (Lipinski definition) is 5. The highest BCUT2D eigenvalue weighted by atomic mass is 32.2. The molecule has 31 heavy (non-hydrogen) atoms. The summed E-state index contributed by atoms with van der Waals surface area (Å²) in [6, 6.07) is 3.24. The topological polar surface area (TPSA) is 84.0 Å². The van der Waals surface area contributed by atoms with E-state index in [4.69, 9.17) is 4.74 Å². The first kappa shape index (κ1) is 25.3. The zero-order valence-corrected chi connectivity index (χ0v) is 20.4. The van der Waals surface area contributed by atoms with Gasteiger partial charge in [-0.2, -0.15) is 4.31 Å². The molecule has 1 aromatic rings. The highest BCUT2D eigenvalue weighted by molar-refractivity contribution is 7.89. The molecular formula is C23H36N2O5S. The van der Waals surface area contributed by atoms with E-state index in [2.05, 4.69) is 6.92 Å². The molecule has 0 bridgehead atoms. The maximum atomic E-state index is 13.4. The van der Waals surface area contributed by atoms with E-state index in [9.17, 15) is 18.0 Å². The number of benzene rings is 1. The Balaban J connectivity index is 2.39. The Hall–Kier alpha value is -1.93. The highest BCUT2D eigenvalue weighted by Gasteiger charge is 2.31. The first-order valence-corrected chi connectivity index (χ1v) is 12.4. The molecule has 0 radical (unpaired) electrons. The second kappa shape index (κ2) is 10.6. The molecule has 2 rings (SSSR count).